The summed E-state index contributed by atoms with van der Waals surface area (Å²) in [6.45, 7) is 4.59. The Morgan fingerprint density at radius 1 is 1.09 bits per heavy atom. The molecule has 4 heteroatoms. The number of ether oxygens (including phenoxy) is 1. The van der Waals surface area contributed by atoms with Gasteiger partial charge < -0.3 is 4.74 Å². The molecular formula is C18H21ClO2Si. The van der Waals surface area contributed by atoms with Crippen LogP contribution in [0.4, 0.5) is 0 Å². The predicted octanol–water partition coefficient (Wildman–Crippen LogP) is 4.14. The number of hydrogen-bond acceptors (Lipinski definition) is 2. The van der Waals surface area contributed by atoms with Crippen LogP contribution in [0.3, 0.4) is 0 Å². The lowest BCUT2D eigenvalue weighted by atomic mass is 10.1. The maximum absolute atomic E-state index is 11.9. The summed E-state index contributed by atoms with van der Waals surface area (Å²) in [5.74, 6) is -0.170. The van der Waals surface area contributed by atoms with Crippen LogP contribution < -0.4 is 5.19 Å². The zero-order valence-corrected chi connectivity index (χ0v) is 14.9. The van der Waals surface area contributed by atoms with Gasteiger partial charge in [-0.05, 0) is 23.2 Å². The summed E-state index contributed by atoms with van der Waals surface area (Å²) in [6, 6.07) is 18.3. The van der Waals surface area contributed by atoms with Gasteiger partial charge in [0.15, 0.2) is 0 Å². The maximum Gasteiger partial charge on any atom is 0.305 e. The molecule has 116 valence electrons. The van der Waals surface area contributed by atoms with Gasteiger partial charge in [-0.25, -0.2) is 0 Å². The zero-order valence-electron chi connectivity index (χ0n) is 13.2. The quantitative estimate of drug-likeness (QED) is 0.607. The highest BCUT2D eigenvalue weighted by atomic mass is 35.5. The van der Waals surface area contributed by atoms with E-state index in [1.54, 1.807) is 0 Å². The molecule has 2 aromatic rings. The monoisotopic (exact) mass is 332 g/mol. The van der Waals surface area contributed by atoms with E-state index in [0.29, 0.717) is 11.4 Å². The molecule has 0 bridgehead atoms. The molecule has 0 saturated heterocycles. The second kappa shape index (κ2) is 7.12. The third-order valence-electron chi connectivity index (χ3n) is 4.26. The van der Waals surface area contributed by atoms with Crippen molar-refractivity contribution in [2.45, 2.75) is 25.1 Å². The van der Waals surface area contributed by atoms with Crippen molar-refractivity contribution in [1.29, 1.82) is 0 Å². The molecule has 22 heavy (non-hydrogen) atoms. The molecule has 0 radical (unpaired) electrons. The van der Waals surface area contributed by atoms with Crippen molar-refractivity contribution >= 4 is 30.8 Å². The van der Waals surface area contributed by atoms with E-state index in [1.165, 1.54) is 12.3 Å². The van der Waals surface area contributed by atoms with Gasteiger partial charge in [-0.3, -0.25) is 4.79 Å². The van der Waals surface area contributed by atoms with Crippen LogP contribution in [-0.2, 0) is 9.53 Å². The number of esters is 1. The van der Waals surface area contributed by atoms with Crippen molar-refractivity contribution in [3.05, 3.63) is 65.2 Å². The van der Waals surface area contributed by atoms with Crippen LogP contribution >= 0.6 is 11.6 Å². The molecule has 0 amide bonds. The summed E-state index contributed by atoms with van der Waals surface area (Å²) in [6.07, 6.45) is 0.395. The number of methoxy groups -OCH3 is 1. The highest BCUT2D eigenvalue weighted by Gasteiger charge is 2.36. The summed E-state index contributed by atoms with van der Waals surface area (Å²) in [4.78, 5) is 11.9. The van der Waals surface area contributed by atoms with Crippen LogP contribution in [0.25, 0.3) is 0 Å². The third kappa shape index (κ3) is 3.79. The van der Waals surface area contributed by atoms with E-state index in [2.05, 4.69) is 37.4 Å². The van der Waals surface area contributed by atoms with Gasteiger partial charge in [0.1, 0.15) is 0 Å². The van der Waals surface area contributed by atoms with E-state index in [4.69, 9.17) is 16.3 Å². The van der Waals surface area contributed by atoms with Crippen molar-refractivity contribution in [3.63, 3.8) is 0 Å². The second-order valence-corrected chi connectivity index (χ2v) is 11.1. The minimum Gasteiger partial charge on any atom is -0.469 e. The fourth-order valence-electron chi connectivity index (χ4n) is 2.80. The number of halogens is 1. The van der Waals surface area contributed by atoms with Gasteiger partial charge in [0, 0.05) is 5.02 Å². The molecule has 0 aromatic heterocycles. The first-order chi connectivity index (χ1) is 10.4. The lowest BCUT2D eigenvalue weighted by molar-refractivity contribution is -0.140. The van der Waals surface area contributed by atoms with Gasteiger partial charge in [0.25, 0.3) is 0 Å². The lowest BCUT2D eigenvalue weighted by Crippen LogP contribution is -2.48. The van der Waals surface area contributed by atoms with E-state index < -0.39 is 8.07 Å². The molecule has 0 aliphatic rings. The molecule has 2 rings (SSSR count). The Hall–Kier alpha value is -1.58. The van der Waals surface area contributed by atoms with Crippen LogP contribution in [0, 0.1) is 0 Å². The number of carbonyl (C=O) groups excluding carboxylic acids is 1. The Labute approximate surface area is 138 Å². The number of benzene rings is 2. The minimum absolute atomic E-state index is 0.152. The molecule has 0 fully saturated rings. The molecule has 2 aromatic carbocycles. The van der Waals surface area contributed by atoms with Crippen LogP contribution in [0.1, 0.15) is 17.5 Å². The van der Waals surface area contributed by atoms with Gasteiger partial charge in [0.05, 0.1) is 21.6 Å². The number of hydrogen-bond donors (Lipinski definition) is 0. The summed E-state index contributed by atoms with van der Waals surface area (Å²) < 4.78 is 4.91. The molecule has 0 aliphatic carbocycles. The van der Waals surface area contributed by atoms with Crippen LogP contribution in [0.2, 0.25) is 18.1 Å². The first-order valence-electron chi connectivity index (χ1n) is 7.33. The van der Waals surface area contributed by atoms with Gasteiger partial charge >= 0.3 is 5.97 Å². The smallest absolute Gasteiger partial charge is 0.305 e. The van der Waals surface area contributed by atoms with Crippen LogP contribution in [0.5, 0.6) is 0 Å². The van der Waals surface area contributed by atoms with Crippen molar-refractivity contribution in [3.8, 4) is 0 Å². The lowest BCUT2D eigenvalue weighted by Gasteiger charge is -2.33. The Balaban J connectivity index is 2.43. The first-order valence-corrected chi connectivity index (χ1v) is 10.8. The van der Waals surface area contributed by atoms with Gasteiger partial charge in [-0.2, -0.15) is 0 Å². The molecule has 0 N–H and O–H groups in total. The molecule has 0 heterocycles. The van der Waals surface area contributed by atoms with Crippen molar-refractivity contribution in [2.24, 2.45) is 0 Å². The van der Waals surface area contributed by atoms with Crippen LogP contribution in [-0.4, -0.2) is 21.2 Å². The maximum atomic E-state index is 11.9. The zero-order chi connectivity index (χ0) is 16.2. The molecule has 1 atom stereocenters. The summed E-state index contributed by atoms with van der Waals surface area (Å²) in [5.41, 5.74) is 1.30. The van der Waals surface area contributed by atoms with E-state index in [0.717, 1.165) is 5.56 Å². The van der Waals surface area contributed by atoms with Crippen molar-refractivity contribution < 1.29 is 9.53 Å². The predicted molar refractivity (Wildman–Crippen MR) is 94.4 cm³/mol. The fraction of sp³-hybridized carbons (Fsp3) is 0.278. The molecular weight excluding hydrogens is 312 g/mol. The van der Waals surface area contributed by atoms with E-state index >= 15 is 0 Å². The van der Waals surface area contributed by atoms with E-state index in [1.807, 2.05) is 30.3 Å². The SMILES string of the molecule is COC(=O)C[C@H](c1ccc(Cl)cc1)[Si](C)(C)c1ccccc1. The normalized spacial score (nSPS) is 12.7. The van der Waals surface area contributed by atoms with Crippen molar-refractivity contribution in [1.82, 2.24) is 0 Å². The standard InChI is InChI=1S/C18H21ClO2Si/c1-21-18(20)13-17(14-9-11-15(19)12-10-14)22(2,3)16-7-5-4-6-8-16/h4-12,17H,13H2,1-3H3/t17-/m1/s1. The highest BCUT2D eigenvalue weighted by molar-refractivity contribution is 6.91. The summed E-state index contributed by atoms with van der Waals surface area (Å²) in [7, 11) is -0.447. The fourth-order valence-corrected chi connectivity index (χ4v) is 6.09. The number of rotatable bonds is 5. The average Bonchev–Trinajstić information content (AvgIpc) is 2.54. The minimum atomic E-state index is -1.89. The van der Waals surface area contributed by atoms with E-state index in [9.17, 15) is 4.79 Å². The Morgan fingerprint density at radius 3 is 2.23 bits per heavy atom. The molecule has 0 saturated carbocycles. The number of carbonyl (C=O) groups is 1. The summed E-state index contributed by atoms with van der Waals surface area (Å²) in [5, 5.41) is 2.04. The van der Waals surface area contributed by atoms with Crippen molar-refractivity contribution in [2.75, 3.05) is 7.11 Å². The molecule has 2 nitrogen and oxygen atoms in total. The average molecular weight is 333 g/mol. The molecule has 0 aliphatic heterocycles. The van der Waals surface area contributed by atoms with Crippen LogP contribution in [0.15, 0.2) is 54.6 Å². The Kier molecular flexibility index (Phi) is 5.43. The highest BCUT2D eigenvalue weighted by Crippen LogP contribution is 2.31. The third-order valence-corrected chi connectivity index (χ3v) is 8.61. The van der Waals surface area contributed by atoms with E-state index in [-0.39, 0.29) is 11.5 Å². The summed E-state index contributed by atoms with van der Waals surface area (Å²) >= 11 is 6.00. The topological polar surface area (TPSA) is 26.3 Å². The Morgan fingerprint density at radius 2 is 1.68 bits per heavy atom. The largest absolute Gasteiger partial charge is 0.469 e. The first kappa shape index (κ1) is 16.8. The molecule has 0 spiro atoms. The second-order valence-electron chi connectivity index (χ2n) is 5.97. The van der Waals surface area contributed by atoms with Gasteiger partial charge in [-0.1, -0.05) is 72.3 Å². The van der Waals surface area contributed by atoms with Gasteiger partial charge in [-0.15, -0.1) is 0 Å². The van der Waals surface area contributed by atoms with Gasteiger partial charge in [0.2, 0.25) is 0 Å². The Bertz CT molecular complexity index is 623. The molecule has 0 unspecified atom stereocenters.